The molecule has 5 rings (SSSR count). The minimum atomic E-state index is -0.129. The van der Waals surface area contributed by atoms with Crippen molar-refractivity contribution in [3.8, 4) is 17.0 Å². The van der Waals surface area contributed by atoms with Crippen LogP contribution in [0.3, 0.4) is 0 Å². The first kappa shape index (κ1) is 23.2. The van der Waals surface area contributed by atoms with Gasteiger partial charge in [0.05, 0.1) is 11.7 Å². The number of benzene rings is 1. The van der Waals surface area contributed by atoms with Crippen molar-refractivity contribution >= 4 is 27.5 Å². The van der Waals surface area contributed by atoms with Gasteiger partial charge in [0, 0.05) is 42.7 Å². The molecule has 7 nitrogen and oxygen atoms in total. The van der Waals surface area contributed by atoms with E-state index in [9.17, 15) is 9.59 Å². The second-order valence-corrected chi connectivity index (χ2v) is 9.85. The van der Waals surface area contributed by atoms with Crippen molar-refractivity contribution in [3.05, 3.63) is 75.8 Å². The Kier molecular flexibility index (Phi) is 6.90. The van der Waals surface area contributed by atoms with Gasteiger partial charge < -0.3 is 10.1 Å². The molecule has 4 aromatic rings. The number of rotatable bonds is 8. The van der Waals surface area contributed by atoms with E-state index in [0.717, 1.165) is 29.5 Å². The van der Waals surface area contributed by atoms with E-state index in [1.165, 1.54) is 40.6 Å². The molecule has 0 radical (unpaired) electrons. The van der Waals surface area contributed by atoms with Gasteiger partial charge in [-0.05, 0) is 49.8 Å². The fourth-order valence-corrected chi connectivity index (χ4v) is 5.29. The van der Waals surface area contributed by atoms with Crippen LogP contribution in [0.1, 0.15) is 43.2 Å². The molecule has 3 aromatic heterocycles. The third-order valence-electron chi connectivity index (χ3n) is 6.38. The number of carbonyl (C=O) groups is 1. The highest BCUT2D eigenvalue weighted by Gasteiger charge is 2.17. The molecule has 0 atom stereocenters. The number of nitrogens with one attached hydrogen (secondary N) is 1. The second-order valence-electron chi connectivity index (χ2n) is 8.99. The lowest BCUT2D eigenvalue weighted by Gasteiger charge is -2.13. The number of hydrogen-bond acceptors (Lipinski definition) is 6. The van der Waals surface area contributed by atoms with Crippen molar-refractivity contribution in [1.29, 1.82) is 0 Å². The Balaban J connectivity index is 1.21. The van der Waals surface area contributed by atoms with Crippen LogP contribution in [0.5, 0.6) is 5.88 Å². The average molecular weight is 489 g/mol. The number of thiophene rings is 1. The highest BCUT2D eigenvalue weighted by Crippen LogP contribution is 2.30. The summed E-state index contributed by atoms with van der Waals surface area (Å²) in [5, 5.41) is 5.51. The van der Waals surface area contributed by atoms with Crippen molar-refractivity contribution in [2.24, 2.45) is 0 Å². The van der Waals surface area contributed by atoms with E-state index >= 15 is 0 Å². The molecule has 1 amide bonds. The Labute approximate surface area is 207 Å². The Bertz CT molecular complexity index is 1390. The van der Waals surface area contributed by atoms with Gasteiger partial charge >= 0.3 is 0 Å². The van der Waals surface area contributed by atoms with E-state index < -0.39 is 0 Å². The first-order valence-electron chi connectivity index (χ1n) is 12.0. The Morgan fingerprint density at radius 2 is 1.97 bits per heavy atom. The van der Waals surface area contributed by atoms with Crippen LogP contribution in [0.25, 0.3) is 21.3 Å². The van der Waals surface area contributed by atoms with Crippen molar-refractivity contribution < 1.29 is 9.53 Å². The van der Waals surface area contributed by atoms with E-state index in [4.69, 9.17) is 4.74 Å². The molecular weight excluding hydrogens is 460 g/mol. The number of fused-ring (bicyclic) bond motifs is 1. The van der Waals surface area contributed by atoms with Gasteiger partial charge in [0.25, 0.3) is 5.56 Å². The predicted octanol–water partition coefficient (Wildman–Crippen LogP) is 4.86. The zero-order chi connectivity index (χ0) is 24.2. The average Bonchev–Trinajstić information content (AvgIpc) is 3.53. The summed E-state index contributed by atoms with van der Waals surface area (Å²) in [5.74, 6) is 0.478. The smallest absolute Gasteiger partial charge is 0.262 e. The summed E-state index contributed by atoms with van der Waals surface area (Å²) in [4.78, 5) is 35.2. The summed E-state index contributed by atoms with van der Waals surface area (Å²) < 4.78 is 7.47. The Morgan fingerprint density at radius 1 is 1.17 bits per heavy atom. The summed E-state index contributed by atoms with van der Waals surface area (Å²) >= 11 is 1.46. The van der Waals surface area contributed by atoms with Crippen LogP contribution in [0.4, 0.5) is 0 Å². The first-order valence-corrected chi connectivity index (χ1v) is 12.9. The van der Waals surface area contributed by atoms with Crippen molar-refractivity contribution in [3.63, 3.8) is 0 Å². The number of aryl methyl sites for hydroxylation is 2. The molecule has 0 aliphatic heterocycles. The van der Waals surface area contributed by atoms with Gasteiger partial charge in [0.2, 0.25) is 11.8 Å². The molecular formula is C27H28N4O3S. The van der Waals surface area contributed by atoms with Gasteiger partial charge in [-0.1, -0.05) is 29.8 Å². The fraction of sp³-hybridized carbons (Fsp3) is 0.333. The maximum Gasteiger partial charge on any atom is 0.262 e. The summed E-state index contributed by atoms with van der Waals surface area (Å²) in [6.07, 6.45) is 8.21. The van der Waals surface area contributed by atoms with E-state index in [2.05, 4.69) is 15.3 Å². The molecule has 0 spiro atoms. The predicted molar refractivity (Wildman–Crippen MR) is 138 cm³/mol. The molecule has 3 heterocycles. The van der Waals surface area contributed by atoms with Crippen molar-refractivity contribution in [2.45, 2.75) is 58.2 Å². The molecule has 0 bridgehead atoms. The molecule has 0 saturated heterocycles. The van der Waals surface area contributed by atoms with Gasteiger partial charge in [-0.15, -0.1) is 11.3 Å². The molecule has 1 fully saturated rings. The van der Waals surface area contributed by atoms with Gasteiger partial charge in [-0.2, -0.15) is 0 Å². The van der Waals surface area contributed by atoms with Crippen LogP contribution >= 0.6 is 11.3 Å². The Morgan fingerprint density at radius 3 is 2.77 bits per heavy atom. The third kappa shape index (κ3) is 5.43. The molecule has 0 unspecified atom stereocenters. The first-order chi connectivity index (χ1) is 17.1. The van der Waals surface area contributed by atoms with Crippen molar-refractivity contribution in [2.75, 3.05) is 0 Å². The zero-order valence-corrected chi connectivity index (χ0v) is 20.5. The highest BCUT2D eigenvalue weighted by molar-refractivity contribution is 7.17. The van der Waals surface area contributed by atoms with Gasteiger partial charge in [-0.25, -0.2) is 9.97 Å². The van der Waals surface area contributed by atoms with E-state index in [-0.39, 0.29) is 30.5 Å². The maximum absolute atomic E-state index is 13.2. The van der Waals surface area contributed by atoms with Crippen LogP contribution in [0.2, 0.25) is 0 Å². The van der Waals surface area contributed by atoms with Crippen LogP contribution in [-0.4, -0.2) is 26.5 Å². The molecule has 35 heavy (non-hydrogen) atoms. The highest BCUT2D eigenvalue weighted by atomic mass is 32.1. The number of nitrogens with zero attached hydrogens (tertiary/aromatic N) is 3. The quantitative estimate of drug-likeness (QED) is 0.383. The normalized spacial score (nSPS) is 13.9. The number of carbonyl (C=O) groups excluding carboxylic acids is 1. The molecule has 8 heteroatoms. The van der Waals surface area contributed by atoms with Crippen molar-refractivity contribution in [1.82, 2.24) is 19.9 Å². The molecule has 1 aliphatic rings. The lowest BCUT2D eigenvalue weighted by molar-refractivity contribution is -0.121. The number of aromatic nitrogens is 3. The van der Waals surface area contributed by atoms with Crippen LogP contribution < -0.4 is 15.6 Å². The minimum absolute atomic E-state index is 0.123. The van der Waals surface area contributed by atoms with Crippen LogP contribution in [0.15, 0.2) is 59.1 Å². The summed E-state index contributed by atoms with van der Waals surface area (Å²) in [5.41, 5.74) is 3.85. The second kappa shape index (κ2) is 10.4. The molecule has 1 aromatic carbocycles. The van der Waals surface area contributed by atoms with E-state index in [0.29, 0.717) is 22.6 Å². The molecule has 1 saturated carbocycles. The number of pyridine rings is 1. The molecule has 1 aliphatic carbocycles. The van der Waals surface area contributed by atoms with Gasteiger partial charge in [0.1, 0.15) is 10.9 Å². The van der Waals surface area contributed by atoms with Crippen LogP contribution in [0, 0.1) is 6.92 Å². The van der Waals surface area contributed by atoms with E-state index in [1.54, 1.807) is 6.20 Å². The van der Waals surface area contributed by atoms with E-state index in [1.807, 2.05) is 48.7 Å². The SMILES string of the molecule is Cc1ccc(-c2csc3ncn(CCC(=O)NCc4ccnc(OC5CCCC5)c4)c(=O)c23)cc1. The topological polar surface area (TPSA) is 86.1 Å². The fourth-order valence-electron chi connectivity index (χ4n) is 4.39. The molecule has 180 valence electrons. The molecule has 1 N–H and O–H groups in total. The standard InChI is InChI=1S/C27H28N4O3S/c1-18-6-8-20(9-7-18)22-16-35-26-25(22)27(33)31(17-30-26)13-11-23(32)29-15-19-10-12-28-24(14-19)34-21-4-2-3-5-21/h6-10,12,14,16-17,21H,2-5,11,13,15H2,1H3,(H,29,32). The summed E-state index contributed by atoms with van der Waals surface area (Å²) in [7, 11) is 0. The van der Waals surface area contributed by atoms with Crippen LogP contribution in [-0.2, 0) is 17.9 Å². The Hall–Kier alpha value is -3.52. The maximum atomic E-state index is 13.2. The third-order valence-corrected chi connectivity index (χ3v) is 7.27. The number of amides is 1. The number of ether oxygens (including phenoxy) is 1. The lowest BCUT2D eigenvalue weighted by atomic mass is 10.1. The lowest BCUT2D eigenvalue weighted by Crippen LogP contribution is -2.27. The monoisotopic (exact) mass is 488 g/mol. The summed E-state index contributed by atoms with van der Waals surface area (Å²) in [6, 6.07) is 11.8. The zero-order valence-electron chi connectivity index (χ0n) is 19.7. The minimum Gasteiger partial charge on any atom is -0.474 e. The van der Waals surface area contributed by atoms with Gasteiger partial charge in [-0.3, -0.25) is 14.2 Å². The number of hydrogen-bond donors (Lipinski definition) is 1. The summed E-state index contributed by atoms with van der Waals surface area (Å²) in [6.45, 7) is 2.69. The van der Waals surface area contributed by atoms with Gasteiger partial charge in [0.15, 0.2) is 0 Å². The largest absolute Gasteiger partial charge is 0.474 e.